The number of morpholine rings is 1. The van der Waals surface area contributed by atoms with Crippen molar-refractivity contribution >= 4 is 48.6 Å². The number of nitrogens with zero attached hydrogens (tertiary/aromatic N) is 4. The number of aromatic nitrogens is 3. The van der Waals surface area contributed by atoms with E-state index in [0.717, 1.165) is 15.7 Å². The van der Waals surface area contributed by atoms with Crippen LogP contribution in [0.5, 0.6) is 0 Å². The van der Waals surface area contributed by atoms with Crippen LogP contribution in [-0.2, 0) is 32.6 Å². The molecule has 1 fully saturated rings. The summed E-state index contributed by atoms with van der Waals surface area (Å²) >= 11 is 1.46. The summed E-state index contributed by atoms with van der Waals surface area (Å²) in [5, 5.41) is 0. The minimum atomic E-state index is -3.62. The van der Waals surface area contributed by atoms with Crippen molar-refractivity contribution in [2.24, 2.45) is 0 Å². The number of carbonyl (C=O) groups excluding carboxylic acids is 1. The van der Waals surface area contributed by atoms with Gasteiger partial charge in [-0.1, -0.05) is 0 Å². The number of thiazole rings is 1. The van der Waals surface area contributed by atoms with Gasteiger partial charge in [0.25, 0.3) is 0 Å². The maximum Gasteiger partial charge on any atom is 0.338 e. The summed E-state index contributed by atoms with van der Waals surface area (Å²) in [5.41, 5.74) is 4.35. The molecule has 0 atom stereocenters. The van der Waals surface area contributed by atoms with E-state index >= 15 is 0 Å². The van der Waals surface area contributed by atoms with Gasteiger partial charge in [-0.2, -0.15) is 4.31 Å². The van der Waals surface area contributed by atoms with Gasteiger partial charge in [0, 0.05) is 19.6 Å². The Kier molecular flexibility index (Phi) is 5.87. The first kappa shape index (κ1) is 22.0. The lowest BCUT2D eigenvalue weighted by molar-refractivity contribution is 0.0459. The number of benzene rings is 2. The fourth-order valence-corrected chi connectivity index (χ4v) is 6.06. The second kappa shape index (κ2) is 8.82. The van der Waals surface area contributed by atoms with Crippen molar-refractivity contribution in [2.75, 3.05) is 26.3 Å². The Hall–Kier alpha value is -2.86. The summed E-state index contributed by atoms with van der Waals surface area (Å²) in [4.78, 5) is 21.6. The predicted molar refractivity (Wildman–Crippen MR) is 124 cm³/mol. The summed E-state index contributed by atoms with van der Waals surface area (Å²) in [6.45, 7) is 3.98. The number of ether oxygens (including phenoxy) is 2. The molecule has 3 heterocycles. The molecular weight excluding hydrogens is 464 g/mol. The molecule has 0 spiro atoms. The highest BCUT2D eigenvalue weighted by molar-refractivity contribution is 7.89. The average molecular weight is 487 g/mol. The Labute approximate surface area is 194 Å². The molecule has 1 saturated heterocycles. The van der Waals surface area contributed by atoms with Gasteiger partial charge in [-0.25, -0.2) is 23.2 Å². The number of rotatable bonds is 6. The number of sulfonamides is 1. The van der Waals surface area contributed by atoms with Crippen LogP contribution in [0, 0.1) is 0 Å². The van der Waals surface area contributed by atoms with Crippen LogP contribution in [-0.4, -0.2) is 59.5 Å². The molecule has 4 aromatic rings. The number of aryl methyl sites for hydroxylation is 1. The number of carbonyl (C=O) groups is 1. The first-order valence-electron chi connectivity index (χ1n) is 10.5. The molecule has 9 nitrogen and oxygen atoms in total. The van der Waals surface area contributed by atoms with Gasteiger partial charge in [0.1, 0.15) is 12.4 Å². The highest BCUT2D eigenvalue weighted by Gasteiger charge is 2.27. The highest BCUT2D eigenvalue weighted by atomic mass is 32.2. The zero-order chi connectivity index (χ0) is 23.0. The molecule has 172 valence electrons. The van der Waals surface area contributed by atoms with Gasteiger partial charge >= 0.3 is 5.97 Å². The minimum absolute atomic E-state index is 0.0202. The molecule has 0 saturated carbocycles. The lowest BCUT2D eigenvalue weighted by atomic mass is 10.2. The zero-order valence-electron chi connectivity index (χ0n) is 17.9. The van der Waals surface area contributed by atoms with Crippen molar-refractivity contribution in [2.45, 2.75) is 25.0 Å². The van der Waals surface area contributed by atoms with Crippen LogP contribution >= 0.6 is 11.3 Å². The number of fused-ring (bicyclic) bond motifs is 2. The largest absolute Gasteiger partial charge is 0.454 e. The van der Waals surface area contributed by atoms with E-state index in [1.807, 2.05) is 11.5 Å². The van der Waals surface area contributed by atoms with E-state index in [4.69, 9.17) is 9.47 Å². The van der Waals surface area contributed by atoms with Crippen LogP contribution in [0.1, 0.15) is 23.1 Å². The number of imidazole rings is 1. The normalized spacial score (nSPS) is 15.3. The zero-order valence-corrected chi connectivity index (χ0v) is 19.6. The molecule has 0 N–H and O–H groups in total. The van der Waals surface area contributed by atoms with E-state index in [1.54, 1.807) is 41.9 Å². The van der Waals surface area contributed by atoms with Crippen LogP contribution in [0.15, 0.2) is 46.8 Å². The molecule has 1 aliphatic rings. The first-order valence-corrected chi connectivity index (χ1v) is 12.9. The fourth-order valence-electron chi connectivity index (χ4n) is 3.91. The lowest BCUT2D eigenvalue weighted by Crippen LogP contribution is -2.40. The van der Waals surface area contributed by atoms with E-state index in [1.165, 1.54) is 15.6 Å². The van der Waals surface area contributed by atoms with E-state index in [9.17, 15) is 13.2 Å². The van der Waals surface area contributed by atoms with Gasteiger partial charge in [0.15, 0.2) is 0 Å². The van der Waals surface area contributed by atoms with E-state index in [2.05, 4.69) is 9.97 Å². The second-order valence-corrected chi connectivity index (χ2v) is 10.4. The Morgan fingerprint density at radius 2 is 1.97 bits per heavy atom. The third-order valence-electron chi connectivity index (χ3n) is 5.62. The van der Waals surface area contributed by atoms with Crippen molar-refractivity contribution in [1.82, 2.24) is 18.8 Å². The molecule has 0 bridgehead atoms. The number of hydrogen-bond donors (Lipinski definition) is 0. The Balaban J connectivity index is 1.39. The minimum Gasteiger partial charge on any atom is -0.454 e. The van der Waals surface area contributed by atoms with Crippen LogP contribution in [0.3, 0.4) is 0 Å². The Bertz CT molecular complexity index is 1440. The second-order valence-electron chi connectivity index (χ2n) is 7.55. The topological polar surface area (TPSA) is 104 Å². The van der Waals surface area contributed by atoms with Crippen molar-refractivity contribution in [3.05, 3.63) is 53.3 Å². The third kappa shape index (κ3) is 4.12. The summed E-state index contributed by atoms with van der Waals surface area (Å²) < 4.78 is 41.1. The SMILES string of the molecule is CCn1c(COC(=O)c2ccc3ncsc3c2)nc2cc(S(=O)(=O)N3CCOCC3)ccc21. The summed E-state index contributed by atoms with van der Waals surface area (Å²) in [5.74, 6) is 0.108. The Morgan fingerprint density at radius 3 is 2.76 bits per heavy atom. The van der Waals surface area contributed by atoms with Gasteiger partial charge in [-0.3, -0.25) is 0 Å². The van der Waals surface area contributed by atoms with Crippen LogP contribution in [0.4, 0.5) is 0 Å². The molecule has 33 heavy (non-hydrogen) atoms. The summed E-state index contributed by atoms with van der Waals surface area (Å²) in [6.07, 6.45) is 0. The van der Waals surface area contributed by atoms with E-state index in [0.29, 0.717) is 49.8 Å². The predicted octanol–water partition coefficient (Wildman–Crippen LogP) is 3.04. The van der Waals surface area contributed by atoms with E-state index < -0.39 is 16.0 Å². The first-order chi connectivity index (χ1) is 16.0. The number of hydrogen-bond acceptors (Lipinski definition) is 8. The van der Waals surface area contributed by atoms with E-state index in [-0.39, 0.29) is 11.5 Å². The molecule has 1 aliphatic heterocycles. The van der Waals surface area contributed by atoms with Crippen molar-refractivity contribution in [3.63, 3.8) is 0 Å². The number of esters is 1. The van der Waals surface area contributed by atoms with Gasteiger partial charge < -0.3 is 14.0 Å². The smallest absolute Gasteiger partial charge is 0.338 e. The molecule has 0 unspecified atom stereocenters. The molecule has 0 amide bonds. The maximum absolute atomic E-state index is 13.0. The lowest BCUT2D eigenvalue weighted by Gasteiger charge is -2.26. The fraction of sp³-hybridized carbons (Fsp3) is 0.318. The summed E-state index contributed by atoms with van der Waals surface area (Å²) in [6, 6.07) is 10.2. The molecular formula is C22H22N4O5S2. The third-order valence-corrected chi connectivity index (χ3v) is 8.31. The Morgan fingerprint density at radius 1 is 1.15 bits per heavy atom. The summed E-state index contributed by atoms with van der Waals surface area (Å²) in [7, 11) is -3.62. The molecule has 2 aromatic heterocycles. The van der Waals surface area contributed by atoms with Crippen LogP contribution in [0.2, 0.25) is 0 Å². The van der Waals surface area contributed by atoms with Gasteiger partial charge in [0.05, 0.1) is 50.4 Å². The molecule has 0 aliphatic carbocycles. The van der Waals surface area contributed by atoms with Crippen molar-refractivity contribution < 1.29 is 22.7 Å². The highest BCUT2D eigenvalue weighted by Crippen LogP contribution is 2.24. The van der Waals surface area contributed by atoms with Crippen LogP contribution in [0.25, 0.3) is 21.3 Å². The standard InChI is InChI=1S/C22H22N4O5S2/c1-2-26-19-6-4-16(33(28,29)25-7-9-30-10-8-25)12-18(19)24-21(26)13-31-22(27)15-3-5-17-20(11-15)32-14-23-17/h3-6,11-12,14H,2,7-10,13H2,1H3. The molecule has 2 aromatic carbocycles. The molecule has 11 heteroatoms. The quantitative estimate of drug-likeness (QED) is 0.386. The molecule has 0 radical (unpaired) electrons. The van der Waals surface area contributed by atoms with Gasteiger partial charge in [0.2, 0.25) is 10.0 Å². The average Bonchev–Trinajstić information content (AvgIpc) is 3.45. The maximum atomic E-state index is 13.0. The molecule has 5 rings (SSSR count). The van der Waals surface area contributed by atoms with Crippen LogP contribution < -0.4 is 0 Å². The van der Waals surface area contributed by atoms with Gasteiger partial charge in [-0.15, -0.1) is 11.3 Å². The van der Waals surface area contributed by atoms with Gasteiger partial charge in [-0.05, 0) is 43.3 Å². The monoisotopic (exact) mass is 486 g/mol. The van der Waals surface area contributed by atoms with Crippen molar-refractivity contribution in [3.8, 4) is 0 Å². The van der Waals surface area contributed by atoms with Crippen molar-refractivity contribution in [1.29, 1.82) is 0 Å².